The summed E-state index contributed by atoms with van der Waals surface area (Å²) in [6.07, 6.45) is 2.53. The summed E-state index contributed by atoms with van der Waals surface area (Å²) in [4.78, 5) is 8.69. The fraction of sp³-hybridized carbons (Fsp3) is 0.500. The van der Waals surface area contributed by atoms with Crippen LogP contribution in [0.25, 0.3) is 10.9 Å². The number of fused-ring (bicyclic) bond motifs is 1. The van der Waals surface area contributed by atoms with E-state index in [2.05, 4.69) is 9.97 Å². The Morgan fingerprint density at radius 1 is 1.22 bits per heavy atom. The molecule has 2 heterocycles. The first-order chi connectivity index (χ1) is 11.3. The summed E-state index contributed by atoms with van der Waals surface area (Å²) in [6.45, 7) is 1.97. The third-order valence-electron chi connectivity index (χ3n) is 3.59. The van der Waals surface area contributed by atoms with E-state index in [1.807, 2.05) is 18.2 Å². The molecular formula is C16H18Cl2N2O3. The summed E-state index contributed by atoms with van der Waals surface area (Å²) >= 11 is 11.9. The number of benzene rings is 1. The molecule has 0 atom stereocenters. The number of rotatable bonds is 6. The van der Waals surface area contributed by atoms with Crippen LogP contribution in [0.3, 0.4) is 0 Å². The molecule has 2 aromatic rings. The van der Waals surface area contributed by atoms with Crippen LogP contribution in [0.1, 0.15) is 19.3 Å². The SMILES string of the molecule is ClCCCOc1ccc2c(Cl)nc(OC3CCOCC3)nc2c1. The van der Waals surface area contributed by atoms with Crippen molar-refractivity contribution in [1.82, 2.24) is 9.97 Å². The molecule has 1 fully saturated rings. The van der Waals surface area contributed by atoms with Crippen LogP contribution >= 0.6 is 23.2 Å². The number of halogens is 2. The van der Waals surface area contributed by atoms with Gasteiger partial charge in [-0.05, 0) is 18.6 Å². The Kier molecular flexibility index (Phi) is 5.75. The van der Waals surface area contributed by atoms with Crippen molar-refractivity contribution in [2.24, 2.45) is 0 Å². The van der Waals surface area contributed by atoms with Gasteiger partial charge in [0.25, 0.3) is 0 Å². The van der Waals surface area contributed by atoms with Crippen molar-refractivity contribution in [3.05, 3.63) is 23.4 Å². The normalized spacial score (nSPS) is 15.7. The van der Waals surface area contributed by atoms with Crippen molar-refractivity contribution < 1.29 is 14.2 Å². The van der Waals surface area contributed by atoms with Gasteiger partial charge in [-0.1, -0.05) is 11.6 Å². The van der Waals surface area contributed by atoms with E-state index in [1.165, 1.54) is 0 Å². The van der Waals surface area contributed by atoms with Gasteiger partial charge in [-0.25, -0.2) is 0 Å². The summed E-state index contributed by atoms with van der Waals surface area (Å²) in [6, 6.07) is 5.84. The molecule has 0 bridgehead atoms. The van der Waals surface area contributed by atoms with Crippen molar-refractivity contribution in [2.45, 2.75) is 25.4 Å². The largest absolute Gasteiger partial charge is 0.493 e. The first-order valence-corrected chi connectivity index (χ1v) is 8.58. The molecule has 7 heteroatoms. The minimum Gasteiger partial charge on any atom is -0.493 e. The Hall–Kier alpha value is -1.30. The van der Waals surface area contributed by atoms with E-state index >= 15 is 0 Å². The van der Waals surface area contributed by atoms with E-state index in [0.717, 1.165) is 30.4 Å². The summed E-state index contributed by atoms with van der Waals surface area (Å²) in [7, 11) is 0. The van der Waals surface area contributed by atoms with Crippen LogP contribution in [0.5, 0.6) is 11.8 Å². The molecule has 0 N–H and O–H groups in total. The maximum atomic E-state index is 6.24. The van der Waals surface area contributed by atoms with Crippen LogP contribution in [0, 0.1) is 0 Å². The van der Waals surface area contributed by atoms with Gasteiger partial charge in [-0.3, -0.25) is 0 Å². The van der Waals surface area contributed by atoms with E-state index in [4.69, 9.17) is 37.4 Å². The van der Waals surface area contributed by atoms with E-state index in [1.54, 1.807) is 0 Å². The minimum absolute atomic E-state index is 0.0698. The minimum atomic E-state index is 0.0698. The smallest absolute Gasteiger partial charge is 0.318 e. The number of aromatic nitrogens is 2. The van der Waals surface area contributed by atoms with Crippen molar-refractivity contribution in [3.63, 3.8) is 0 Å². The quantitative estimate of drug-likeness (QED) is 0.447. The van der Waals surface area contributed by atoms with Crippen LogP contribution < -0.4 is 9.47 Å². The van der Waals surface area contributed by atoms with Gasteiger partial charge in [0.05, 0.1) is 25.3 Å². The maximum Gasteiger partial charge on any atom is 0.318 e. The molecule has 1 aliphatic rings. The zero-order valence-corrected chi connectivity index (χ0v) is 14.1. The third-order valence-corrected chi connectivity index (χ3v) is 4.14. The van der Waals surface area contributed by atoms with Crippen molar-refractivity contribution in [3.8, 4) is 11.8 Å². The Labute approximate surface area is 144 Å². The zero-order chi connectivity index (χ0) is 16.1. The lowest BCUT2D eigenvalue weighted by atomic mass is 10.2. The Morgan fingerprint density at radius 2 is 2.04 bits per heavy atom. The lowest BCUT2D eigenvalue weighted by molar-refractivity contribution is 0.0219. The number of hydrogen-bond acceptors (Lipinski definition) is 5. The van der Waals surface area contributed by atoms with Crippen LogP contribution in [0.2, 0.25) is 5.15 Å². The molecule has 0 aliphatic carbocycles. The average Bonchev–Trinajstić information content (AvgIpc) is 2.56. The van der Waals surface area contributed by atoms with Crippen molar-refractivity contribution in [2.75, 3.05) is 25.7 Å². The number of ether oxygens (including phenoxy) is 3. The van der Waals surface area contributed by atoms with E-state index in [0.29, 0.717) is 42.4 Å². The van der Waals surface area contributed by atoms with Gasteiger partial charge >= 0.3 is 6.01 Å². The van der Waals surface area contributed by atoms with Gasteiger partial charge < -0.3 is 14.2 Å². The molecule has 3 rings (SSSR count). The molecule has 0 spiro atoms. The lowest BCUT2D eigenvalue weighted by Gasteiger charge is -2.22. The summed E-state index contributed by atoms with van der Waals surface area (Å²) in [5.74, 6) is 1.31. The van der Waals surface area contributed by atoms with Gasteiger partial charge in [0.15, 0.2) is 0 Å². The Morgan fingerprint density at radius 3 is 2.83 bits per heavy atom. The summed E-state index contributed by atoms with van der Waals surface area (Å²) in [5.41, 5.74) is 0.704. The number of alkyl halides is 1. The molecule has 0 radical (unpaired) electrons. The number of nitrogens with zero attached hydrogens (tertiary/aromatic N) is 2. The van der Waals surface area contributed by atoms with E-state index in [-0.39, 0.29) is 6.10 Å². The highest BCUT2D eigenvalue weighted by atomic mass is 35.5. The molecule has 1 aromatic heterocycles. The Balaban J connectivity index is 1.79. The predicted molar refractivity (Wildman–Crippen MR) is 89.8 cm³/mol. The van der Waals surface area contributed by atoms with Crippen LogP contribution in [0.15, 0.2) is 18.2 Å². The van der Waals surface area contributed by atoms with E-state index < -0.39 is 0 Å². The average molecular weight is 357 g/mol. The van der Waals surface area contributed by atoms with Gasteiger partial charge in [-0.15, -0.1) is 11.6 Å². The second-order valence-electron chi connectivity index (χ2n) is 5.30. The highest BCUT2D eigenvalue weighted by molar-refractivity contribution is 6.34. The standard InChI is InChI=1S/C16H18Cl2N2O3/c17-6-1-7-22-12-2-3-13-14(10-12)19-16(20-15(13)18)23-11-4-8-21-9-5-11/h2-3,10-11H,1,4-9H2. The van der Waals surface area contributed by atoms with Crippen molar-refractivity contribution >= 4 is 34.1 Å². The van der Waals surface area contributed by atoms with E-state index in [9.17, 15) is 0 Å². The van der Waals surface area contributed by atoms with Gasteiger partial charge in [0.2, 0.25) is 0 Å². The molecule has 0 amide bonds. The van der Waals surface area contributed by atoms with Crippen LogP contribution in [0.4, 0.5) is 0 Å². The topological polar surface area (TPSA) is 53.5 Å². The molecule has 23 heavy (non-hydrogen) atoms. The Bertz CT molecular complexity index is 663. The second kappa shape index (κ2) is 7.99. The summed E-state index contributed by atoms with van der Waals surface area (Å²) in [5, 5.41) is 1.15. The molecule has 1 aromatic carbocycles. The van der Waals surface area contributed by atoms with Gasteiger partial charge in [0, 0.05) is 30.2 Å². The van der Waals surface area contributed by atoms with Gasteiger partial charge in [-0.2, -0.15) is 9.97 Å². The predicted octanol–water partition coefficient (Wildman–Crippen LogP) is 3.85. The molecule has 1 aliphatic heterocycles. The van der Waals surface area contributed by atoms with Crippen molar-refractivity contribution in [1.29, 1.82) is 0 Å². The van der Waals surface area contributed by atoms with Crippen LogP contribution in [-0.4, -0.2) is 41.8 Å². The fourth-order valence-electron chi connectivity index (χ4n) is 2.38. The number of hydrogen-bond donors (Lipinski definition) is 0. The monoisotopic (exact) mass is 356 g/mol. The van der Waals surface area contributed by atoms with Crippen LogP contribution in [-0.2, 0) is 4.74 Å². The molecule has 1 saturated heterocycles. The lowest BCUT2D eigenvalue weighted by Crippen LogP contribution is -2.26. The molecule has 0 saturated carbocycles. The van der Waals surface area contributed by atoms with Gasteiger partial charge in [0.1, 0.15) is 17.0 Å². The third kappa shape index (κ3) is 4.37. The zero-order valence-electron chi connectivity index (χ0n) is 12.6. The summed E-state index contributed by atoms with van der Waals surface area (Å²) < 4.78 is 16.8. The molecular weight excluding hydrogens is 339 g/mol. The molecule has 124 valence electrons. The first-order valence-electron chi connectivity index (χ1n) is 7.67. The first kappa shape index (κ1) is 16.6. The maximum absolute atomic E-state index is 6.24. The molecule has 0 unspecified atom stereocenters. The second-order valence-corrected chi connectivity index (χ2v) is 6.03. The fourth-order valence-corrected chi connectivity index (χ4v) is 2.72. The highest BCUT2D eigenvalue weighted by Gasteiger charge is 2.17. The highest BCUT2D eigenvalue weighted by Crippen LogP contribution is 2.27. The molecule has 5 nitrogen and oxygen atoms in total.